The van der Waals surface area contributed by atoms with Gasteiger partial charge in [-0.05, 0) is 36.8 Å². The molecule has 10 heteroatoms. The van der Waals surface area contributed by atoms with Crippen molar-refractivity contribution in [3.8, 4) is 5.75 Å². The van der Waals surface area contributed by atoms with E-state index in [4.69, 9.17) is 0 Å². The quantitative estimate of drug-likeness (QED) is 0.488. The second kappa shape index (κ2) is 7.69. The number of pyridine rings is 1. The molecule has 1 amide bonds. The zero-order valence-corrected chi connectivity index (χ0v) is 15.9. The second-order valence-corrected chi connectivity index (χ2v) is 6.78. The first-order chi connectivity index (χ1) is 14.3. The van der Waals surface area contributed by atoms with Gasteiger partial charge in [0.05, 0.1) is 6.04 Å². The molecule has 4 aromatic rings. The zero-order chi connectivity index (χ0) is 21.3. The molecule has 1 unspecified atom stereocenters. The lowest BCUT2D eigenvalue weighted by atomic mass is 10.1. The molecule has 0 saturated carbocycles. The number of fused-ring (bicyclic) bond motifs is 2. The summed E-state index contributed by atoms with van der Waals surface area (Å²) in [5.74, 6) is -0.143. The van der Waals surface area contributed by atoms with E-state index in [9.17, 15) is 18.0 Å². The Balaban J connectivity index is 1.59. The molecular formula is C20H18F3N5O2. The van der Waals surface area contributed by atoms with Crippen LogP contribution in [0, 0.1) is 0 Å². The van der Waals surface area contributed by atoms with Gasteiger partial charge >= 0.3 is 6.36 Å². The van der Waals surface area contributed by atoms with E-state index in [2.05, 4.69) is 25.2 Å². The molecule has 156 valence electrons. The normalized spacial score (nSPS) is 12.9. The van der Waals surface area contributed by atoms with Gasteiger partial charge in [0.2, 0.25) is 0 Å². The third-order valence-electron chi connectivity index (χ3n) is 4.61. The number of hydrogen-bond donors (Lipinski definition) is 2. The van der Waals surface area contributed by atoms with Gasteiger partial charge in [0.15, 0.2) is 11.5 Å². The summed E-state index contributed by atoms with van der Waals surface area (Å²) in [6.07, 6.45) is -1.51. The fourth-order valence-corrected chi connectivity index (χ4v) is 3.31. The van der Waals surface area contributed by atoms with E-state index in [-0.39, 0.29) is 17.5 Å². The summed E-state index contributed by atoms with van der Waals surface area (Å²) in [7, 11) is 0. The number of H-pyrrole nitrogens is 1. The predicted molar refractivity (Wildman–Crippen MR) is 103 cm³/mol. The van der Waals surface area contributed by atoms with Crippen LogP contribution >= 0.6 is 0 Å². The summed E-state index contributed by atoms with van der Waals surface area (Å²) in [4.78, 5) is 15.7. The van der Waals surface area contributed by atoms with E-state index in [0.717, 1.165) is 6.42 Å². The van der Waals surface area contributed by atoms with Gasteiger partial charge in [-0.15, -0.1) is 23.4 Å². The molecule has 30 heavy (non-hydrogen) atoms. The highest BCUT2D eigenvalue weighted by Gasteiger charge is 2.31. The lowest BCUT2D eigenvalue weighted by Crippen LogP contribution is -2.30. The van der Waals surface area contributed by atoms with Gasteiger partial charge in [0, 0.05) is 23.2 Å². The van der Waals surface area contributed by atoms with Crippen LogP contribution in [0.25, 0.3) is 16.6 Å². The predicted octanol–water partition coefficient (Wildman–Crippen LogP) is 4.38. The largest absolute Gasteiger partial charge is 0.573 e. The first-order valence-corrected chi connectivity index (χ1v) is 9.33. The topological polar surface area (TPSA) is 84.3 Å². The van der Waals surface area contributed by atoms with Crippen molar-refractivity contribution in [1.29, 1.82) is 0 Å². The second-order valence-electron chi connectivity index (χ2n) is 6.78. The monoisotopic (exact) mass is 417 g/mol. The number of aromatic amines is 1. The molecule has 2 N–H and O–H groups in total. The molecule has 0 saturated heterocycles. The molecule has 1 atom stereocenters. The minimum absolute atomic E-state index is 0.226. The van der Waals surface area contributed by atoms with E-state index in [1.54, 1.807) is 6.07 Å². The number of hydrogen-bond acceptors (Lipinski definition) is 4. The summed E-state index contributed by atoms with van der Waals surface area (Å²) in [6.45, 7) is 1.99. The minimum Gasteiger partial charge on any atom is -0.406 e. The third kappa shape index (κ3) is 4.07. The summed E-state index contributed by atoms with van der Waals surface area (Å²) in [6, 6.07) is 10.6. The number of benzene rings is 1. The fraction of sp³-hybridized carbons (Fsp3) is 0.250. The van der Waals surface area contributed by atoms with Crippen molar-refractivity contribution in [1.82, 2.24) is 24.9 Å². The maximum Gasteiger partial charge on any atom is 0.573 e. The Bertz CT molecular complexity index is 1200. The lowest BCUT2D eigenvalue weighted by molar-refractivity contribution is -0.274. The van der Waals surface area contributed by atoms with Crippen LogP contribution in [0.15, 0.2) is 48.7 Å². The maximum atomic E-state index is 12.8. The molecular weight excluding hydrogens is 399 g/mol. The molecule has 0 spiro atoms. The first-order valence-electron chi connectivity index (χ1n) is 9.33. The van der Waals surface area contributed by atoms with Crippen molar-refractivity contribution in [2.24, 2.45) is 0 Å². The van der Waals surface area contributed by atoms with Crippen molar-refractivity contribution in [3.05, 3.63) is 60.2 Å². The maximum absolute atomic E-state index is 12.8. The molecule has 1 aromatic carbocycles. The van der Waals surface area contributed by atoms with Gasteiger partial charge in [0.1, 0.15) is 11.4 Å². The first kappa shape index (κ1) is 19.7. The van der Waals surface area contributed by atoms with Crippen LogP contribution in [0.1, 0.15) is 42.1 Å². The highest BCUT2D eigenvalue weighted by Crippen LogP contribution is 2.27. The Kier molecular flexibility index (Phi) is 5.06. The molecule has 3 aromatic heterocycles. The van der Waals surface area contributed by atoms with Crippen molar-refractivity contribution in [3.63, 3.8) is 0 Å². The molecule has 0 radical (unpaired) electrons. The van der Waals surface area contributed by atoms with Crippen molar-refractivity contribution >= 4 is 22.5 Å². The van der Waals surface area contributed by atoms with Gasteiger partial charge in [-0.25, -0.2) is 0 Å². The molecule has 7 nitrogen and oxygen atoms in total. The van der Waals surface area contributed by atoms with Crippen LogP contribution in [-0.4, -0.2) is 31.9 Å². The fourth-order valence-electron chi connectivity index (χ4n) is 3.31. The summed E-state index contributed by atoms with van der Waals surface area (Å²) < 4.78 is 43.0. The van der Waals surface area contributed by atoms with E-state index in [0.29, 0.717) is 28.8 Å². The van der Waals surface area contributed by atoms with Gasteiger partial charge < -0.3 is 15.0 Å². The van der Waals surface area contributed by atoms with Crippen molar-refractivity contribution in [2.75, 3.05) is 0 Å². The average Bonchev–Trinajstić information content (AvgIpc) is 3.30. The molecule has 3 heterocycles. The summed E-state index contributed by atoms with van der Waals surface area (Å²) in [5.41, 5.74) is 1.26. The number of carbonyl (C=O) groups is 1. The molecule has 0 fully saturated rings. The lowest BCUT2D eigenvalue weighted by Gasteiger charge is -2.16. The van der Waals surface area contributed by atoms with Crippen LogP contribution in [0.4, 0.5) is 13.2 Å². The van der Waals surface area contributed by atoms with Gasteiger partial charge in [-0.3, -0.25) is 9.20 Å². The molecule has 0 aliphatic heterocycles. The van der Waals surface area contributed by atoms with Crippen LogP contribution in [-0.2, 0) is 0 Å². The Morgan fingerprint density at radius 3 is 2.83 bits per heavy atom. The van der Waals surface area contributed by atoms with Crippen LogP contribution < -0.4 is 10.1 Å². The smallest absolute Gasteiger partial charge is 0.406 e. The van der Waals surface area contributed by atoms with Crippen LogP contribution in [0.2, 0.25) is 0 Å². The molecule has 0 bridgehead atoms. The Morgan fingerprint density at radius 2 is 2.07 bits per heavy atom. The zero-order valence-electron chi connectivity index (χ0n) is 15.9. The van der Waals surface area contributed by atoms with Crippen molar-refractivity contribution < 1.29 is 22.7 Å². The number of alkyl halides is 3. The number of nitrogens with one attached hydrogen (secondary N) is 2. The Hall–Kier alpha value is -3.56. The summed E-state index contributed by atoms with van der Waals surface area (Å²) >= 11 is 0. The molecule has 0 aliphatic carbocycles. The van der Waals surface area contributed by atoms with E-state index in [1.165, 1.54) is 18.2 Å². The number of aromatic nitrogens is 4. The number of carbonyl (C=O) groups excluding carboxylic acids is 1. The van der Waals surface area contributed by atoms with E-state index in [1.807, 2.05) is 35.7 Å². The minimum atomic E-state index is -4.78. The summed E-state index contributed by atoms with van der Waals surface area (Å²) in [5, 5.41) is 11.9. The van der Waals surface area contributed by atoms with Crippen LogP contribution in [0.3, 0.4) is 0 Å². The Morgan fingerprint density at radius 1 is 1.23 bits per heavy atom. The van der Waals surface area contributed by atoms with Crippen molar-refractivity contribution in [2.45, 2.75) is 32.2 Å². The standard InChI is InChI=1S/C20H18F3N5O2/c1-2-5-14(18-27-26-17-6-3-4-9-28(17)18)25-19(29)16-10-12-7-8-13(11-15(12)24-16)30-20(21,22)23/h3-4,6-11,14,24H,2,5H2,1H3,(H,25,29). The number of ether oxygens (including phenoxy) is 1. The molecule has 4 rings (SSSR count). The SMILES string of the molecule is CCCC(NC(=O)c1cc2ccc(OC(F)(F)F)cc2[nH]1)c1nnc2ccccn12. The number of nitrogens with zero attached hydrogens (tertiary/aromatic N) is 3. The third-order valence-corrected chi connectivity index (χ3v) is 4.61. The molecule has 0 aliphatic rings. The highest BCUT2D eigenvalue weighted by molar-refractivity contribution is 5.98. The van der Waals surface area contributed by atoms with Gasteiger partial charge in [-0.1, -0.05) is 19.4 Å². The number of amides is 1. The van der Waals surface area contributed by atoms with Gasteiger partial charge in [-0.2, -0.15) is 0 Å². The van der Waals surface area contributed by atoms with E-state index >= 15 is 0 Å². The average molecular weight is 417 g/mol. The van der Waals surface area contributed by atoms with Gasteiger partial charge in [0.25, 0.3) is 5.91 Å². The number of halogens is 3. The highest BCUT2D eigenvalue weighted by atomic mass is 19.4. The Labute approximate surface area is 168 Å². The number of rotatable bonds is 6. The van der Waals surface area contributed by atoms with Crippen LogP contribution in [0.5, 0.6) is 5.75 Å². The van der Waals surface area contributed by atoms with E-state index < -0.39 is 12.3 Å².